The minimum absolute atomic E-state index is 0.826. The smallest absolute Gasteiger partial charge is 0.138 e. The van der Waals surface area contributed by atoms with Gasteiger partial charge in [-0.15, -0.1) is 0 Å². The fourth-order valence-corrected chi connectivity index (χ4v) is 2.16. The number of nitrogens with one attached hydrogen (secondary N) is 2. The van der Waals surface area contributed by atoms with Crippen LogP contribution in [0.1, 0.15) is 18.1 Å². The second kappa shape index (κ2) is 6.02. The second-order valence-electron chi connectivity index (χ2n) is 4.26. The van der Waals surface area contributed by atoms with Gasteiger partial charge in [-0.3, -0.25) is 0 Å². The topological polar surface area (TPSA) is 49.8 Å². The molecule has 2 aromatic rings. The third kappa shape index (κ3) is 3.04. The Morgan fingerprint density at radius 2 is 1.84 bits per heavy atom. The molecule has 2 N–H and O–H groups in total. The van der Waals surface area contributed by atoms with Gasteiger partial charge in [-0.25, -0.2) is 9.97 Å². The number of nitrogens with zero attached hydrogens (tertiary/aromatic N) is 2. The monoisotopic (exact) mass is 320 g/mol. The maximum absolute atomic E-state index is 4.31. The molecule has 5 heteroatoms. The summed E-state index contributed by atoms with van der Waals surface area (Å²) < 4.78 is 1.08. The number of anilines is 3. The van der Waals surface area contributed by atoms with Crippen molar-refractivity contribution in [1.82, 2.24) is 9.97 Å². The average molecular weight is 321 g/mol. The van der Waals surface area contributed by atoms with Gasteiger partial charge in [0, 0.05) is 22.3 Å². The zero-order valence-electron chi connectivity index (χ0n) is 11.3. The summed E-state index contributed by atoms with van der Waals surface area (Å²) in [6, 6.07) is 6.06. The lowest BCUT2D eigenvalue weighted by atomic mass is 10.2. The predicted molar refractivity (Wildman–Crippen MR) is 83.1 cm³/mol. The van der Waals surface area contributed by atoms with Crippen LogP contribution in [0.5, 0.6) is 0 Å². The van der Waals surface area contributed by atoms with Crippen molar-refractivity contribution in [1.29, 1.82) is 0 Å². The van der Waals surface area contributed by atoms with E-state index in [9.17, 15) is 0 Å². The standard InChI is InChI=1S/C14H17BrN4/c1-4-16-13-10(3)14(18-8-17-13)19-12-7-5-6-11(15)9(12)2/h5-8H,4H2,1-3H3,(H2,16,17,18,19). The molecular formula is C14H17BrN4. The fraction of sp³-hybridized carbons (Fsp3) is 0.286. The molecule has 0 saturated heterocycles. The number of halogens is 1. The van der Waals surface area contributed by atoms with Crippen molar-refractivity contribution in [2.45, 2.75) is 20.8 Å². The summed E-state index contributed by atoms with van der Waals surface area (Å²) in [4.78, 5) is 8.55. The summed E-state index contributed by atoms with van der Waals surface area (Å²) in [6.07, 6.45) is 1.57. The lowest BCUT2D eigenvalue weighted by molar-refractivity contribution is 1.08. The normalized spacial score (nSPS) is 10.3. The summed E-state index contributed by atoms with van der Waals surface area (Å²) in [5.74, 6) is 1.69. The first-order chi connectivity index (χ1) is 9.13. The van der Waals surface area contributed by atoms with E-state index in [4.69, 9.17) is 0 Å². The Kier molecular flexibility index (Phi) is 4.37. The van der Waals surface area contributed by atoms with E-state index in [1.165, 1.54) is 0 Å². The third-order valence-electron chi connectivity index (χ3n) is 2.95. The Hall–Kier alpha value is -1.62. The van der Waals surface area contributed by atoms with Crippen LogP contribution >= 0.6 is 15.9 Å². The van der Waals surface area contributed by atoms with E-state index in [2.05, 4.69) is 43.5 Å². The number of benzene rings is 1. The van der Waals surface area contributed by atoms with Crippen molar-refractivity contribution in [2.24, 2.45) is 0 Å². The van der Waals surface area contributed by atoms with Gasteiger partial charge >= 0.3 is 0 Å². The van der Waals surface area contributed by atoms with E-state index in [0.29, 0.717) is 0 Å². The SMILES string of the molecule is CCNc1ncnc(Nc2cccc(Br)c2C)c1C. The quantitative estimate of drug-likeness (QED) is 0.892. The molecule has 0 radical (unpaired) electrons. The fourth-order valence-electron chi connectivity index (χ4n) is 1.79. The number of hydrogen-bond acceptors (Lipinski definition) is 4. The zero-order chi connectivity index (χ0) is 13.8. The van der Waals surface area contributed by atoms with Crippen LogP contribution in [0.15, 0.2) is 29.0 Å². The molecule has 2 rings (SSSR count). The number of aromatic nitrogens is 2. The van der Waals surface area contributed by atoms with Gasteiger partial charge in [0.2, 0.25) is 0 Å². The van der Waals surface area contributed by atoms with E-state index in [-0.39, 0.29) is 0 Å². The van der Waals surface area contributed by atoms with E-state index >= 15 is 0 Å². The van der Waals surface area contributed by atoms with Gasteiger partial charge in [-0.1, -0.05) is 22.0 Å². The van der Waals surface area contributed by atoms with Crippen molar-refractivity contribution in [3.63, 3.8) is 0 Å². The van der Waals surface area contributed by atoms with Gasteiger partial charge < -0.3 is 10.6 Å². The van der Waals surface area contributed by atoms with Gasteiger partial charge in [0.25, 0.3) is 0 Å². The molecule has 1 aromatic carbocycles. The van der Waals surface area contributed by atoms with E-state index in [1.54, 1.807) is 6.33 Å². The van der Waals surface area contributed by atoms with Gasteiger partial charge in [0.1, 0.15) is 18.0 Å². The van der Waals surface area contributed by atoms with Crippen LogP contribution in [-0.4, -0.2) is 16.5 Å². The van der Waals surface area contributed by atoms with Crippen molar-refractivity contribution < 1.29 is 0 Å². The molecule has 1 heterocycles. The average Bonchev–Trinajstić information content (AvgIpc) is 2.40. The predicted octanol–water partition coefficient (Wildman–Crippen LogP) is 4.03. The summed E-state index contributed by atoms with van der Waals surface area (Å²) in [7, 11) is 0. The highest BCUT2D eigenvalue weighted by Crippen LogP contribution is 2.28. The van der Waals surface area contributed by atoms with Crippen LogP contribution in [0.3, 0.4) is 0 Å². The molecule has 0 fully saturated rings. The summed E-state index contributed by atoms with van der Waals surface area (Å²) in [5, 5.41) is 6.59. The maximum atomic E-state index is 4.31. The van der Waals surface area contributed by atoms with Crippen LogP contribution in [0.2, 0.25) is 0 Å². The molecule has 0 aliphatic rings. The number of rotatable bonds is 4. The van der Waals surface area contributed by atoms with Gasteiger partial charge in [-0.2, -0.15) is 0 Å². The molecule has 0 saturated carbocycles. The van der Waals surface area contributed by atoms with Crippen molar-refractivity contribution >= 4 is 33.3 Å². The highest BCUT2D eigenvalue weighted by Gasteiger charge is 2.08. The summed E-state index contributed by atoms with van der Waals surface area (Å²) in [5.41, 5.74) is 3.22. The summed E-state index contributed by atoms with van der Waals surface area (Å²) >= 11 is 3.53. The first-order valence-electron chi connectivity index (χ1n) is 6.21. The molecule has 0 amide bonds. The van der Waals surface area contributed by atoms with Crippen molar-refractivity contribution in [3.8, 4) is 0 Å². The van der Waals surface area contributed by atoms with Gasteiger partial charge in [0.05, 0.1) is 0 Å². The molecule has 4 nitrogen and oxygen atoms in total. The third-order valence-corrected chi connectivity index (χ3v) is 3.81. The van der Waals surface area contributed by atoms with Gasteiger partial charge in [0.15, 0.2) is 0 Å². The van der Waals surface area contributed by atoms with Crippen molar-refractivity contribution in [2.75, 3.05) is 17.2 Å². The second-order valence-corrected chi connectivity index (χ2v) is 5.12. The first-order valence-corrected chi connectivity index (χ1v) is 7.00. The maximum Gasteiger partial charge on any atom is 0.138 e. The molecule has 19 heavy (non-hydrogen) atoms. The minimum atomic E-state index is 0.826. The molecule has 0 unspecified atom stereocenters. The van der Waals surface area contributed by atoms with Gasteiger partial charge in [-0.05, 0) is 38.5 Å². The van der Waals surface area contributed by atoms with E-state index in [0.717, 1.165) is 39.5 Å². The lowest BCUT2D eigenvalue weighted by Crippen LogP contribution is -2.06. The largest absolute Gasteiger partial charge is 0.370 e. The van der Waals surface area contributed by atoms with Crippen LogP contribution < -0.4 is 10.6 Å². The molecular weight excluding hydrogens is 304 g/mol. The molecule has 0 aliphatic heterocycles. The molecule has 1 aromatic heterocycles. The highest BCUT2D eigenvalue weighted by molar-refractivity contribution is 9.10. The Bertz CT molecular complexity index is 584. The lowest BCUT2D eigenvalue weighted by Gasteiger charge is -2.14. The minimum Gasteiger partial charge on any atom is -0.370 e. The van der Waals surface area contributed by atoms with Crippen LogP contribution in [0.4, 0.5) is 17.3 Å². The number of hydrogen-bond donors (Lipinski definition) is 2. The summed E-state index contributed by atoms with van der Waals surface area (Å²) in [6.45, 7) is 6.96. The molecule has 0 atom stereocenters. The molecule has 0 spiro atoms. The van der Waals surface area contributed by atoms with E-state index in [1.807, 2.05) is 32.0 Å². The molecule has 0 aliphatic carbocycles. The van der Waals surface area contributed by atoms with Crippen LogP contribution in [0, 0.1) is 13.8 Å². The Labute approximate surface area is 121 Å². The first kappa shape index (κ1) is 13.8. The highest BCUT2D eigenvalue weighted by atomic mass is 79.9. The van der Waals surface area contributed by atoms with Crippen molar-refractivity contribution in [3.05, 3.63) is 40.1 Å². The van der Waals surface area contributed by atoms with Crippen LogP contribution in [0.25, 0.3) is 0 Å². The Balaban J connectivity index is 2.33. The zero-order valence-corrected chi connectivity index (χ0v) is 12.9. The van der Waals surface area contributed by atoms with Crippen LogP contribution in [-0.2, 0) is 0 Å². The molecule has 0 bridgehead atoms. The Morgan fingerprint density at radius 3 is 2.58 bits per heavy atom. The molecule has 100 valence electrons. The Morgan fingerprint density at radius 1 is 1.11 bits per heavy atom. The van der Waals surface area contributed by atoms with E-state index < -0.39 is 0 Å².